The fourth-order valence-corrected chi connectivity index (χ4v) is 1.30. The van der Waals surface area contributed by atoms with Gasteiger partial charge in [0.15, 0.2) is 0 Å². The minimum atomic E-state index is -0.393. The lowest BCUT2D eigenvalue weighted by Gasteiger charge is -2.08. The molecule has 0 spiro atoms. The van der Waals surface area contributed by atoms with Gasteiger partial charge in [0.05, 0.1) is 0 Å². The van der Waals surface area contributed by atoms with Crippen LogP contribution in [0.25, 0.3) is 0 Å². The van der Waals surface area contributed by atoms with Crippen molar-refractivity contribution in [1.82, 2.24) is 0 Å². The van der Waals surface area contributed by atoms with Gasteiger partial charge >= 0.3 is 0 Å². The Morgan fingerprint density at radius 2 is 1.92 bits per heavy atom. The molecule has 0 saturated carbocycles. The van der Waals surface area contributed by atoms with E-state index < -0.39 is 5.24 Å². The van der Waals surface area contributed by atoms with E-state index in [-0.39, 0.29) is 0 Å². The normalized spacial score (nSPS) is 12.5. The number of carbonyl (C=O) groups is 1. The van der Waals surface area contributed by atoms with E-state index in [9.17, 15) is 4.79 Å². The van der Waals surface area contributed by atoms with E-state index >= 15 is 0 Å². The van der Waals surface area contributed by atoms with Crippen molar-refractivity contribution in [3.05, 3.63) is 35.4 Å². The Hall–Kier alpha value is -0.820. The highest BCUT2D eigenvalue weighted by Crippen LogP contribution is 2.19. The lowest BCUT2D eigenvalue weighted by Crippen LogP contribution is -1.93. The molecular weight excluding hydrogens is 184 g/mol. The van der Waals surface area contributed by atoms with Gasteiger partial charge in [0.25, 0.3) is 5.24 Å². The predicted molar refractivity (Wildman–Crippen MR) is 55.3 cm³/mol. The number of hydrogen-bond donors (Lipinski definition) is 0. The molecule has 1 atom stereocenters. The molecule has 0 aliphatic rings. The lowest BCUT2D eigenvalue weighted by molar-refractivity contribution is 0.108. The van der Waals surface area contributed by atoms with Crippen molar-refractivity contribution in [3.8, 4) is 0 Å². The summed E-state index contributed by atoms with van der Waals surface area (Å²) in [6, 6.07) is 7.47. The molecule has 1 nitrogen and oxygen atoms in total. The van der Waals surface area contributed by atoms with Gasteiger partial charge in [-0.1, -0.05) is 26.0 Å². The third-order valence-electron chi connectivity index (χ3n) is 2.32. The monoisotopic (exact) mass is 196 g/mol. The van der Waals surface area contributed by atoms with Crippen molar-refractivity contribution in [2.75, 3.05) is 0 Å². The smallest absolute Gasteiger partial charge is 0.252 e. The highest BCUT2D eigenvalue weighted by Gasteiger charge is 2.04. The van der Waals surface area contributed by atoms with Gasteiger partial charge in [-0.15, -0.1) is 0 Å². The Morgan fingerprint density at radius 1 is 1.38 bits per heavy atom. The third-order valence-corrected chi connectivity index (χ3v) is 2.54. The van der Waals surface area contributed by atoms with Crippen molar-refractivity contribution in [1.29, 1.82) is 0 Å². The van der Waals surface area contributed by atoms with Crippen LogP contribution in [-0.2, 0) is 0 Å². The minimum absolute atomic E-state index is 0.393. The molecule has 0 amide bonds. The first-order valence-electron chi connectivity index (χ1n) is 4.45. The summed E-state index contributed by atoms with van der Waals surface area (Å²) in [5.41, 5.74) is 1.82. The van der Waals surface area contributed by atoms with Gasteiger partial charge in [0.2, 0.25) is 0 Å². The Bertz CT molecular complexity index is 289. The molecule has 13 heavy (non-hydrogen) atoms. The van der Waals surface area contributed by atoms with E-state index in [1.54, 1.807) is 12.1 Å². The Balaban J connectivity index is 2.87. The molecular formula is C11H13ClO. The Morgan fingerprint density at radius 3 is 2.31 bits per heavy atom. The number of halogens is 1. The molecule has 0 fully saturated rings. The quantitative estimate of drug-likeness (QED) is 0.676. The molecule has 0 bridgehead atoms. The van der Waals surface area contributed by atoms with Gasteiger partial charge in [0.1, 0.15) is 0 Å². The largest absolute Gasteiger partial charge is 0.276 e. The number of benzene rings is 1. The van der Waals surface area contributed by atoms with Gasteiger partial charge in [0, 0.05) is 5.56 Å². The molecule has 1 rings (SSSR count). The molecule has 0 aliphatic heterocycles. The van der Waals surface area contributed by atoms with E-state index in [1.165, 1.54) is 5.56 Å². The Labute approximate surface area is 83.7 Å². The maximum atomic E-state index is 10.8. The summed E-state index contributed by atoms with van der Waals surface area (Å²) in [6.45, 7) is 4.31. The average molecular weight is 197 g/mol. The van der Waals surface area contributed by atoms with Gasteiger partial charge in [-0.2, -0.15) is 0 Å². The van der Waals surface area contributed by atoms with Crippen LogP contribution in [0.4, 0.5) is 0 Å². The molecule has 0 aliphatic carbocycles. The molecule has 1 unspecified atom stereocenters. The van der Waals surface area contributed by atoms with Crippen molar-refractivity contribution in [2.45, 2.75) is 26.2 Å². The first-order valence-corrected chi connectivity index (χ1v) is 4.82. The molecule has 0 saturated heterocycles. The summed E-state index contributed by atoms with van der Waals surface area (Å²) in [7, 11) is 0. The topological polar surface area (TPSA) is 17.1 Å². The van der Waals surface area contributed by atoms with Gasteiger partial charge < -0.3 is 0 Å². The summed E-state index contributed by atoms with van der Waals surface area (Å²) in [5.74, 6) is 0.541. The molecule has 0 heterocycles. The van der Waals surface area contributed by atoms with Crippen LogP contribution >= 0.6 is 11.6 Å². The Kier molecular flexibility index (Phi) is 3.49. The fraction of sp³-hybridized carbons (Fsp3) is 0.364. The van der Waals surface area contributed by atoms with E-state index in [0.717, 1.165) is 6.42 Å². The lowest BCUT2D eigenvalue weighted by atomic mass is 9.98. The van der Waals surface area contributed by atoms with Gasteiger partial charge in [-0.25, -0.2) is 0 Å². The van der Waals surface area contributed by atoms with Gasteiger partial charge in [-0.05, 0) is 41.6 Å². The number of hydrogen-bond acceptors (Lipinski definition) is 1. The first kappa shape index (κ1) is 10.3. The second-order valence-electron chi connectivity index (χ2n) is 3.21. The second-order valence-corrected chi connectivity index (χ2v) is 3.55. The summed E-state index contributed by atoms with van der Waals surface area (Å²) >= 11 is 5.33. The maximum Gasteiger partial charge on any atom is 0.252 e. The van der Waals surface area contributed by atoms with Crippen molar-refractivity contribution in [3.63, 3.8) is 0 Å². The van der Waals surface area contributed by atoms with Crippen LogP contribution in [0.15, 0.2) is 24.3 Å². The molecule has 1 aromatic carbocycles. The minimum Gasteiger partial charge on any atom is -0.276 e. The van der Waals surface area contributed by atoms with E-state index in [1.807, 2.05) is 12.1 Å². The fourth-order valence-electron chi connectivity index (χ4n) is 1.18. The SMILES string of the molecule is CCC(C)c1ccc(C(=O)Cl)cc1. The highest BCUT2D eigenvalue weighted by molar-refractivity contribution is 6.67. The zero-order chi connectivity index (χ0) is 9.84. The second kappa shape index (κ2) is 4.43. The predicted octanol–water partition coefficient (Wildman–Crippen LogP) is 3.58. The molecule has 0 radical (unpaired) electrons. The summed E-state index contributed by atoms with van der Waals surface area (Å²) in [6.07, 6.45) is 1.11. The first-order chi connectivity index (χ1) is 6.15. The van der Waals surface area contributed by atoms with Crippen LogP contribution in [-0.4, -0.2) is 5.24 Å². The molecule has 2 heteroatoms. The van der Waals surface area contributed by atoms with Crippen molar-refractivity contribution < 1.29 is 4.79 Å². The van der Waals surface area contributed by atoms with Crippen LogP contribution < -0.4 is 0 Å². The van der Waals surface area contributed by atoms with Crippen LogP contribution in [0, 0.1) is 0 Å². The summed E-state index contributed by atoms with van der Waals surface area (Å²) in [5, 5.41) is -0.393. The molecule has 1 aromatic rings. The zero-order valence-electron chi connectivity index (χ0n) is 7.88. The van der Waals surface area contributed by atoms with E-state index in [4.69, 9.17) is 11.6 Å². The summed E-state index contributed by atoms with van der Waals surface area (Å²) < 4.78 is 0. The summed E-state index contributed by atoms with van der Waals surface area (Å²) in [4.78, 5) is 10.8. The van der Waals surface area contributed by atoms with E-state index in [0.29, 0.717) is 11.5 Å². The van der Waals surface area contributed by atoms with Crippen LogP contribution in [0.3, 0.4) is 0 Å². The van der Waals surface area contributed by atoms with Crippen molar-refractivity contribution in [2.24, 2.45) is 0 Å². The van der Waals surface area contributed by atoms with Crippen LogP contribution in [0.2, 0.25) is 0 Å². The third kappa shape index (κ3) is 2.56. The molecule has 70 valence electrons. The van der Waals surface area contributed by atoms with Gasteiger partial charge in [-0.3, -0.25) is 4.79 Å². The number of rotatable bonds is 3. The molecule has 0 N–H and O–H groups in total. The highest BCUT2D eigenvalue weighted by atomic mass is 35.5. The van der Waals surface area contributed by atoms with Crippen molar-refractivity contribution >= 4 is 16.8 Å². The van der Waals surface area contributed by atoms with E-state index in [2.05, 4.69) is 13.8 Å². The number of carbonyl (C=O) groups excluding carboxylic acids is 1. The van der Waals surface area contributed by atoms with Crippen LogP contribution in [0.5, 0.6) is 0 Å². The average Bonchev–Trinajstić information content (AvgIpc) is 2.17. The standard InChI is InChI=1S/C11H13ClO/c1-3-8(2)9-4-6-10(7-5-9)11(12)13/h4-8H,3H2,1-2H3. The maximum absolute atomic E-state index is 10.8. The molecule has 0 aromatic heterocycles. The van der Waals surface area contributed by atoms with Crippen LogP contribution in [0.1, 0.15) is 42.1 Å². The zero-order valence-corrected chi connectivity index (χ0v) is 8.64.